The number of pyridine rings is 1. The van der Waals surface area contributed by atoms with Crippen LogP contribution in [0.4, 0.5) is 4.79 Å². The van der Waals surface area contributed by atoms with Gasteiger partial charge in [-0.1, -0.05) is 54.6 Å². The van der Waals surface area contributed by atoms with Gasteiger partial charge in [0.15, 0.2) is 5.82 Å². The van der Waals surface area contributed by atoms with E-state index in [1.165, 1.54) is 0 Å². The summed E-state index contributed by atoms with van der Waals surface area (Å²) < 4.78 is 1.61. The summed E-state index contributed by atoms with van der Waals surface area (Å²) in [5.41, 5.74) is 2.30. The van der Waals surface area contributed by atoms with E-state index in [1.54, 1.807) is 35.3 Å². The van der Waals surface area contributed by atoms with E-state index in [2.05, 4.69) is 20.4 Å². The van der Waals surface area contributed by atoms with Crippen molar-refractivity contribution in [3.63, 3.8) is 0 Å². The van der Waals surface area contributed by atoms with Crippen LogP contribution in [0.25, 0.3) is 23.2 Å². The molecule has 4 aromatic rings. The molecule has 10 heteroatoms. The first-order valence-corrected chi connectivity index (χ1v) is 11.9. The summed E-state index contributed by atoms with van der Waals surface area (Å²) in [5, 5.41) is 6.75. The van der Waals surface area contributed by atoms with E-state index >= 15 is 0 Å². The standard InChI is InChI=1S/C26H20N6O3S/c33-24(28-14-15-31-25(34)21(36-26(31)35)16-18-8-7-13-27-17-18)22-29-23(19-9-3-1-4-10-19)32(30-22)20-11-5-2-6-12-20/h1-13,16-17H,14-15H2,(H,28,33). The number of para-hydroxylation sites is 1. The molecule has 3 heterocycles. The maximum Gasteiger partial charge on any atom is 0.293 e. The van der Waals surface area contributed by atoms with Gasteiger partial charge in [-0.2, -0.15) is 0 Å². The Morgan fingerprint density at radius 3 is 2.44 bits per heavy atom. The highest BCUT2D eigenvalue weighted by Gasteiger charge is 2.34. The van der Waals surface area contributed by atoms with Gasteiger partial charge in [0, 0.05) is 31.0 Å². The highest BCUT2D eigenvalue weighted by molar-refractivity contribution is 8.18. The maximum absolute atomic E-state index is 12.9. The van der Waals surface area contributed by atoms with E-state index < -0.39 is 11.8 Å². The average molecular weight is 497 g/mol. The SMILES string of the molecule is O=C(NCCN1C(=O)SC(=Cc2cccnc2)C1=O)c1nc(-c2ccccc2)n(-c2ccccc2)n1. The van der Waals surface area contributed by atoms with Crippen LogP contribution in [0.15, 0.2) is 90.1 Å². The van der Waals surface area contributed by atoms with Crippen LogP contribution in [0.1, 0.15) is 16.2 Å². The number of nitrogens with one attached hydrogen (secondary N) is 1. The fraction of sp³-hybridized carbons (Fsp3) is 0.0769. The Balaban J connectivity index is 1.28. The molecule has 1 N–H and O–H groups in total. The molecule has 1 saturated heterocycles. The molecule has 0 atom stereocenters. The number of rotatable bonds is 7. The van der Waals surface area contributed by atoms with Crippen molar-refractivity contribution in [2.75, 3.05) is 13.1 Å². The molecule has 0 bridgehead atoms. The van der Waals surface area contributed by atoms with Crippen molar-refractivity contribution in [3.8, 4) is 17.1 Å². The van der Waals surface area contributed by atoms with Crippen LogP contribution < -0.4 is 5.32 Å². The van der Waals surface area contributed by atoms with Gasteiger partial charge >= 0.3 is 0 Å². The van der Waals surface area contributed by atoms with E-state index in [0.29, 0.717) is 10.7 Å². The van der Waals surface area contributed by atoms with Gasteiger partial charge in [0.2, 0.25) is 5.82 Å². The fourth-order valence-corrected chi connectivity index (χ4v) is 4.46. The van der Waals surface area contributed by atoms with E-state index in [1.807, 2.05) is 60.7 Å². The molecule has 1 aliphatic heterocycles. The average Bonchev–Trinajstić information content (AvgIpc) is 3.48. The summed E-state index contributed by atoms with van der Waals surface area (Å²) in [5.74, 6) is -0.387. The highest BCUT2D eigenvalue weighted by Crippen LogP contribution is 2.31. The summed E-state index contributed by atoms with van der Waals surface area (Å²) in [6, 6.07) is 22.4. The van der Waals surface area contributed by atoms with Gasteiger partial charge in [-0.05, 0) is 41.6 Å². The van der Waals surface area contributed by atoms with Crippen molar-refractivity contribution >= 4 is 34.9 Å². The molecule has 1 aliphatic rings. The summed E-state index contributed by atoms with van der Waals surface area (Å²) >= 11 is 0.862. The molecule has 0 spiro atoms. The van der Waals surface area contributed by atoms with Gasteiger partial charge in [-0.25, -0.2) is 9.67 Å². The largest absolute Gasteiger partial charge is 0.347 e. The molecule has 0 radical (unpaired) electrons. The molecule has 2 aromatic carbocycles. The quantitative estimate of drug-likeness (QED) is 0.388. The Hall–Kier alpha value is -4.57. The summed E-state index contributed by atoms with van der Waals surface area (Å²) in [4.78, 5) is 47.8. The molecule has 1 fully saturated rings. The topological polar surface area (TPSA) is 110 Å². The lowest BCUT2D eigenvalue weighted by Crippen LogP contribution is -2.37. The number of thioether (sulfide) groups is 1. The third-order valence-electron chi connectivity index (χ3n) is 5.32. The minimum Gasteiger partial charge on any atom is -0.347 e. The van der Waals surface area contributed by atoms with Crippen LogP contribution in [0.5, 0.6) is 0 Å². The molecule has 9 nitrogen and oxygen atoms in total. The summed E-state index contributed by atoms with van der Waals surface area (Å²) in [6.07, 6.45) is 4.87. The van der Waals surface area contributed by atoms with E-state index in [0.717, 1.165) is 33.5 Å². The minimum atomic E-state index is -0.500. The first-order chi connectivity index (χ1) is 17.6. The molecule has 0 saturated carbocycles. The molecule has 0 unspecified atom stereocenters. The predicted molar refractivity (Wildman–Crippen MR) is 136 cm³/mol. The van der Waals surface area contributed by atoms with Crippen molar-refractivity contribution in [2.24, 2.45) is 0 Å². The number of hydrogen-bond acceptors (Lipinski definition) is 7. The number of hydrogen-bond donors (Lipinski definition) is 1. The van der Waals surface area contributed by atoms with Crippen molar-refractivity contribution in [1.29, 1.82) is 0 Å². The summed E-state index contributed by atoms with van der Waals surface area (Å²) in [7, 11) is 0. The van der Waals surface area contributed by atoms with Crippen molar-refractivity contribution in [1.82, 2.24) is 30.0 Å². The molecule has 36 heavy (non-hydrogen) atoms. The highest BCUT2D eigenvalue weighted by atomic mass is 32.2. The monoisotopic (exact) mass is 496 g/mol. The van der Waals surface area contributed by atoms with Crippen molar-refractivity contribution in [2.45, 2.75) is 0 Å². The first-order valence-electron chi connectivity index (χ1n) is 11.1. The Morgan fingerprint density at radius 1 is 0.972 bits per heavy atom. The van der Waals surface area contributed by atoms with Gasteiger partial charge in [0.05, 0.1) is 10.6 Å². The molecular formula is C26H20N6O3S. The van der Waals surface area contributed by atoms with Crippen molar-refractivity contribution in [3.05, 3.63) is 101 Å². The van der Waals surface area contributed by atoms with Gasteiger partial charge in [-0.3, -0.25) is 24.3 Å². The number of carbonyl (C=O) groups excluding carboxylic acids is 3. The molecule has 0 aliphatic carbocycles. The van der Waals surface area contributed by atoms with Gasteiger partial charge in [-0.15, -0.1) is 5.10 Å². The van der Waals surface area contributed by atoms with Gasteiger partial charge < -0.3 is 5.32 Å². The van der Waals surface area contributed by atoms with Crippen LogP contribution in [0.3, 0.4) is 0 Å². The van der Waals surface area contributed by atoms with Gasteiger partial charge in [0.25, 0.3) is 17.1 Å². The second-order valence-corrected chi connectivity index (χ2v) is 8.74. The lowest BCUT2D eigenvalue weighted by Gasteiger charge is -2.12. The molecule has 3 amide bonds. The second kappa shape index (κ2) is 10.4. The number of aromatic nitrogens is 4. The summed E-state index contributed by atoms with van der Waals surface area (Å²) in [6.45, 7) is 0.101. The van der Waals surface area contributed by atoms with E-state index in [9.17, 15) is 14.4 Å². The normalized spacial score (nSPS) is 14.4. The van der Waals surface area contributed by atoms with Crippen LogP contribution in [0.2, 0.25) is 0 Å². The zero-order chi connectivity index (χ0) is 24.9. The number of carbonyl (C=O) groups is 3. The lowest BCUT2D eigenvalue weighted by atomic mass is 10.2. The number of imide groups is 1. The molecular weight excluding hydrogens is 476 g/mol. The van der Waals surface area contributed by atoms with Crippen LogP contribution in [-0.2, 0) is 4.79 Å². The second-order valence-electron chi connectivity index (χ2n) is 7.75. The smallest absolute Gasteiger partial charge is 0.293 e. The first kappa shape index (κ1) is 23.2. The lowest BCUT2D eigenvalue weighted by molar-refractivity contribution is -0.122. The maximum atomic E-state index is 12.9. The van der Waals surface area contributed by atoms with Crippen LogP contribution in [-0.4, -0.2) is 54.8 Å². The van der Waals surface area contributed by atoms with Crippen molar-refractivity contribution < 1.29 is 14.4 Å². The van der Waals surface area contributed by atoms with Gasteiger partial charge in [0.1, 0.15) is 0 Å². The zero-order valence-electron chi connectivity index (χ0n) is 18.9. The van der Waals surface area contributed by atoms with E-state index in [-0.39, 0.29) is 24.2 Å². The predicted octanol–water partition coefficient (Wildman–Crippen LogP) is 3.80. The van der Waals surface area contributed by atoms with Crippen LogP contribution >= 0.6 is 11.8 Å². The van der Waals surface area contributed by atoms with E-state index in [4.69, 9.17) is 0 Å². The third kappa shape index (κ3) is 4.93. The minimum absolute atomic E-state index is 0.0108. The Kier molecular flexibility index (Phi) is 6.67. The zero-order valence-corrected chi connectivity index (χ0v) is 19.8. The molecule has 178 valence electrons. The van der Waals surface area contributed by atoms with Crippen LogP contribution in [0, 0.1) is 0 Å². The third-order valence-corrected chi connectivity index (χ3v) is 6.23. The Labute approximate surface area is 210 Å². The fourth-order valence-electron chi connectivity index (χ4n) is 3.60. The molecule has 2 aromatic heterocycles. The number of nitrogens with zero attached hydrogens (tertiary/aromatic N) is 5. The Bertz CT molecular complexity index is 1380. The molecule has 5 rings (SSSR count). The number of amides is 3. The number of benzene rings is 2. The Morgan fingerprint density at radius 2 is 1.72 bits per heavy atom.